The van der Waals surface area contributed by atoms with Gasteiger partial charge in [0.1, 0.15) is 0 Å². The van der Waals surface area contributed by atoms with Crippen molar-refractivity contribution in [3.63, 3.8) is 0 Å². The molecule has 18 heavy (non-hydrogen) atoms. The molecule has 6 heteroatoms. The molecule has 92 valence electrons. The van der Waals surface area contributed by atoms with Crippen LogP contribution in [0.2, 0.25) is 0 Å². The Morgan fingerprint density at radius 3 is 2.78 bits per heavy atom. The number of nitrogens with zero attached hydrogens (tertiary/aromatic N) is 2. The number of aryl methyl sites for hydroxylation is 1. The number of benzene rings is 1. The van der Waals surface area contributed by atoms with Crippen LogP contribution in [0.1, 0.15) is 15.9 Å². The Hall–Kier alpha value is -2.47. The number of rotatable bonds is 3. The molecular formula is C12H13N5O. The summed E-state index contributed by atoms with van der Waals surface area (Å²) in [4.78, 5) is 11.9. The minimum absolute atomic E-state index is 0.234. The van der Waals surface area contributed by atoms with Crippen LogP contribution in [0.3, 0.4) is 0 Å². The first-order valence-electron chi connectivity index (χ1n) is 5.37. The molecule has 2 rings (SSSR count). The second kappa shape index (κ2) is 5.24. The van der Waals surface area contributed by atoms with Crippen molar-refractivity contribution in [1.29, 1.82) is 0 Å². The molecule has 0 aliphatic heterocycles. The molecule has 1 aromatic carbocycles. The van der Waals surface area contributed by atoms with Gasteiger partial charge in [-0.25, -0.2) is 0 Å². The number of anilines is 2. The Morgan fingerprint density at radius 2 is 2.17 bits per heavy atom. The van der Waals surface area contributed by atoms with E-state index in [-0.39, 0.29) is 5.91 Å². The van der Waals surface area contributed by atoms with Crippen molar-refractivity contribution in [3.05, 3.63) is 47.7 Å². The van der Waals surface area contributed by atoms with E-state index in [0.717, 1.165) is 11.3 Å². The largest absolute Gasteiger partial charge is 0.324 e. The Morgan fingerprint density at radius 1 is 1.33 bits per heavy atom. The number of carbonyl (C=O) groups excluding carboxylic acids is 1. The summed E-state index contributed by atoms with van der Waals surface area (Å²) >= 11 is 0. The molecule has 0 atom stereocenters. The normalized spacial score (nSPS) is 9.89. The highest BCUT2D eigenvalue weighted by Gasteiger charge is 2.08. The summed E-state index contributed by atoms with van der Waals surface area (Å²) in [6.45, 7) is 1.87. The minimum Gasteiger partial charge on any atom is -0.324 e. The van der Waals surface area contributed by atoms with E-state index >= 15 is 0 Å². The second-order valence-corrected chi connectivity index (χ2v) is 3.74. The van der Waals surface area contributed by atoms with Gasteiger partial charge in [-0.2, -0.15) is 5.10 Å². The lowest BCUT2D eigenvalue weighted by molar-refractivity contribution is 0.102. The lowest BCUT2D eigenvalue weighted by atomic mass is 10.1. The standard InChI is InChI=1S/C12H13N5O/c1-8-7-9(4-5-10(8)16-13)12(18)15-11-3-2-6-14-17-11/h2-7,16H,13H2,1H3,(H,15,17,18). The van der Waals surface area contributed by atoms with Gasteiger partial charge in [-0.1, -0.05) is 0 Å². The van der Waals surface area contributed by atoms with Crippen molar-refractivity contribution in [2.45, 2.75) is 6.92 Å². The van der Waals surface area contributed by atoms with Gasteiger partial charge in [0.15, 0.2) is 5.82 Å². The molecule has 0 bridgehead atoms. The predicted molar refractivity (Wildman–Crippen MR) is 69.0 cm³/mol. The van der Waals surface area contributed by atoms with Crippen LogP contribution in [-0.4, -0.2) is 16.1 Å². The maximum atomic E-state index is 11.9. The van der Waals surface area contributed by atoms with Crippen LogP contribution in [0.25, 0.3) is 0 Å². The third kappa shape index (κ3) is 2.61. The highest BCUT2D eigenvalue weighted by atomic mass is 16.1. The number of hydrazine groups is 1. The van der Waals surface area contributed by atoms with Gasteiger partial charge in [-0.05, 0) is 42.8 Å². The highest BCUT2D eigenvalue weighted by Crippen LogP contribution is 2.16. The predicted octanol–water partition coefficient (Wildman–Crippen LogP) is 1.32. The van der Waals surface area contributed by atoms with Crippen LogP contribution in [0.4, 0.5) is 11.5 Å². The first kappa shape index (κ1) is 12.0. The van der Waals surface area contributed by atoms with Crippen LogP contribution in [0, 0.1) is 6.92 Å². The molecule has 2 aromatic rings. The Kier molecular flexibility index (Phi) is 3.49. The molecule has 4 N–H and O–H groups in total. The van der Waals surface area contributed by atoms with E-state index in [0.29, 0.717) is 11.4 Å². The minimum atomic E-state index is -0.234. The van der Waals surface area contributed by atoms with Crippen molar-refractivity contribution >= 4 is 17.4 Å². The molecule has 1 amide bonds. The zero-order chi connectivity index (χ0) is 13.0. The fraction of sp³-hybridized carbons (Fsp3) is 0.0833. The number of hydrogen-bond acceptors (Lipinski definition) is 5. The van der Waals surface area contributed by atoms with Gasteiger partial charge >= 0.3 is 0 Å². The van der Waals surface area contributed by atoms with Gasteiger partial charge in [0.25, 0.3) is 5.91 Å². The molecule has 0 spiro atoms. The SMILES string of the molecule is Cc1cc(C(=O)Nc2cccnn2)ccc1NN. The second-order valence-electron chi connectivity index (χ2n) is 3.74. The van der Waals surface area contributed by atoms with Gasteiger partial charge in [0.2, 0.25) is 0 Å². The van der Waals surface area contributed by atoms with Crippen molar-refractivity contribution in [2.24, 2.45) is 5.84 Å². The average Bonchev–Trinajstić information content (AvgIpc) is 2.39. The van der Waals surface area contributed by atoms with Gasteiger partial charge < -0.3 is 10.7 Å². The first-order chi connectivity index (χ1) is 8.70. The van der Waals surface area contributed by atoms with Crippen molar-refractivity contribution in [1.82, 2.24) is 10.2 Å². The molecule has 0 aliphatic carbocycles. The molecule has 0 radical (unpaired) electrons. The van der Waals surface area contributed by atoms with Crippen LogP contribution in [0.5, 0.6) is 0 Å². The van der Waals surface area contributed by atoms with Gasteiger partial charge in [0.05, 0.1) is 5.69 Å². The number of amides is 1. The fourth-order valence-electron chi connectivity index (χ4n) is 1.52. The number of nitrogen functional groups attached to an aromatic ring is 1. The molecule has 0 unspecified atom stereocenters. The Balaban J connectivity index is 2.17. The maximum Gasteiger partial charge on any atom is 0.256 e. The van der Waals surface area contributed by atoms with E-state index < -0.39 is 0 Å². The molecular weight excluding hydrogens is 230 g/mol. The molecule has 0 aliphatic rings. The lowest BCUT2D eigenvalue weighted by Crippen LogP contribution is -2.14. The van der Waals surface area contributed by atoms with E-state index in [9.17, 15) is 4.79 Å². The first-order valence-corrected chi connectivity index (χ1v) is 5.37. The Labute approximate surface area is 104 Å². The average molecular weight is 243 g/mol. The van der Waals surface area contributed by atoms with E-state index in [1.54, 1.807) is 36.5 Å². The molecule has 0 fully saturated rings. The van der Waals surface area contributed by atoms with E-state index in [2.05, 4.69) is 20.9 Å². The Bertz CT molecular complexity index is 556. The van der Waals surface area contributed by atoms with Gasteiger partial charge in [-0.3, -0.25) is 10.6 Å². The van der Waals surface area contributed by atoms with Gasteiger partial charge in [0, 0.05) is 11.8 Å². The van der Waals surface area contributed by atoms with E-state index in [4.69, 9.17) is 5.84 Å². The summed E-state index contributed by atoms with van der Waals surface area (Å²) in [7, 11) is 0. The summed E-state index contributed by atoms with van der Waals surface area (Å²) in [6.07, 6.45) is 1.54. The molecule has 1 aromatic heterocycles. The van der Waals surface area contributed by atoms with Crippen LogP contribution in [-0.2, 0) is 0 Å². The monoisotopic (exact) mass is 243 g/mol. The zero-order valence-corrected chi connectivity index (χ0v) is 9.84. The van der Waals surface area contributed by atoms with Crippen LogP contribution >= 0.6 is 0 Å². The van der Waals surface area contributed by atoms with Gasteiger partial charge in [-0.15, -0.1) is 5.10 Å². The zero-order valence-electron chi connectivity index (χ0n) is 9.84. The van der Waals surface area contributed by atoms with Crippen LogP contribution < -0.4 is 16.6 Å². The van der Waals surface area contributed by atoms with Crippen LogP contribution in [0.15, 0.2) is 36.5 Å². The lowest BCUT2D eigenvalue weighted by Gasteiger charge is -2.07. The maximum absolute atomic E-state index is 11.9. The summed E-state index contributed by atoms with van der Waals surface area (Å²) in [5.74, 6) is 5.52. The number of aromatic nitrogens is 2. The molecule has 1 heterocycles. The summed E-state index contributed by atoms with van der Waals surface area (Å²) in [6, 6.07) is 8.57. The van der Waals surface area contributed by atoms with Crippen molar-refractivity contribution in [2.75, 3.05) is 10.7 Å². The summed E-state index contributed by atoms with van der Waals surface area (Å²) in [5, 5.41) is 10.1. The van der Waals surface area contributed by atoms with E-state index in [1.165, 1.54) is 0 Å². The number of carbonyl (C=O) groups is 1. The number of nitrogens with two attached hydrogens (primary N) is 1. The summed E-state index contributed by atoms with van der Waals surface area (Å²) in [5.41, 5.74) is 4.77. The van der Waals surface area contributed by atoms with Crippen molar-refractivity contribution < 1.29 is 4.79 Å². The van der Waals surface area contributed by atoms with E-state index in [1.807, 2.05) is 6.92 Å². The fourth-order valence-corrected chi connectivity index (χ4v) is 1.52. The summed E-state index contributed by atoms with van der Waals surface area (Å²) < 4.78 is 0. The molecule has 6 nitrogen and oxygen atoms in total. The van der Waals surface area contributed by atoms with Crippen molar-refractivity contribution in [3.8, 4) is 0 Å². The third-order valence-corrected chi connectivity index (χ3v) is 2.46. The molecule has 0 saturated heterocycles. The smallest absolute Gasteiger partial charge is 0.256 e. The topological polar surface area (TPSA) is 92.9 Å². The number of hydrogen-bond donors (Lipinski definition) is 3. The highest BCUT2D eigenvalue weighted by molar-refractivity contribution is 6.04. The quantitative estimate of drug-likeness (QED) is 0.558. The molecule has 0 saturated carbocycles. The number of nitrogens with one attached hydrogen (secondary N) is 2. The third-order valence-electron chi connectivity index (χ3n) is 2.46.